The molecule has 3 aromatic rings. The van der Waals surface area contributed by atoms with Gasteiger partial charge in [-0.25, -0.2) is 0 Å². The normalized spacial score (nSPS) is 10.5. The first-order chi connectivity index (χ1) is 13.7. The van der Waals surface area contributed by atoms with E-state index in [1.807, 2.05) is 37.3 Å². The van der Waals surface area contributed by atoms with Crippen molar-refractivity contribution in [1.82, 2.24) is 15.0 Å². The SMILES string of the molecule is C=CCN(Cc1nc(-c2ccccc2)no1)C(=O)c1ccc(OCCC)cc1. The summed E-state index contributed by atoms with van der Waals surface area (Å²) in [6, 6.07) is 16.7. The van der Waals surface area contributed by atoms with Gasteiger partial charge in [-0.15, -0.1) is 6.58 Å². The van der Waals surface area contributed by atoms with Gasteiger partial charge in [0, 0.05) is 17.7 Å². The first kappa shape index (κ1) is 19.4. The van der Waals surface area contributed by atoms with Crippen LogP contribution >= 0.6 is 0 Å². The summed E-state index contributed by atoms with van der Waals surface area (Å²) in [5.74, 6) is 1.48. The molecule has 0 saturated heterocycles. The van der Waals surface area contributed by atoms with Crippen molar-refractivity contribution in [2.75, 3.05) is 13.2 Å². The van der Waals surface area contributed by atoms with E-state index in [1.54, 1.807) is 35.2 Å². The van der Waals surface area contributed by atoms with Crippen LogP contribution in [0.15, 0.2) is 71.8 Å². The van der Waals surface area contributed by atoms with Crippen molar-refractivity contribution in [3.05, 3.63) is 78.7 Å². The Bertz CT molecular complexity index is 904. The smallest absolute Gasteiger partial charge is 0.254 e. The molecule has 0 unspecified atom stereocenters. The number of nitrogens with zero attached hydrogens (tertiary/aromatic N) is 3. The average molecular weight is 377 g/mol. The zero-order valence-corrected chi connectivity index (χ0v) is 15.9. The second-order valence-corrected chi connectivity index (χ2v) is 6.22. The van der Waals surface area contributed by atoms with Gasteiger partial charge in [-0.2, -0.15) is 4.98 Å². The molecular weight excluding hydrogens is 354 g/mol. The molecule has 3 rings (SSSR count). The molecule has 0 radical (unpaired) electrons. The molecule has 1 aromatic heterocycles. The van der Waals surface area contributed by atoms with Gasteiger partial charge in [0.25, 0.3) is 5.91 Å². The maximum absolute atomic E-state index is 12.9. The van der Waals surface area contributed by atoms with Crippen LogP contribution in [0.3, 0.4) is 0 Å². The van der Waals surface area contributed by atoms with E-state index in [2.05, 4.69) is 16.7 Å². The Morgan fingerprint density at radius 3 is 2.61 bits per heavy atom. The number of ether oxygens (including phenoxy) is 1. The molecule has 6 heteroatoms. The minimum absolute atomic E-state index is 0.138. The van der Waals surface area contributed by atoms with Crippen LogP contribution in [0.1, 0.15) is 29.6 Å². The van der Waals surface area contributed by atoms with Crippen LogP contribution in [0.4, 0.5) is 0 Å². The molecule has 6 nitrogen and oxygen atoms in total. The number of aromatic nitrogens is 2. The summed E-state index contributed by atoms with van der Waals surface area (Å²) in [6.45, 7) is 7.01. The quantitative estimate of drug-likeness (QED) is 0.519. The molecule has 0 spiro atoms. The Labute approximate surface area is 164 Å². The third-order valence-electron chi connectivity index (χ3n) is 4.04. The van der Waals surface area contributed by atoms with E-state index in [9.17, 15) is 4.79 Å². The third-order valence-corrected chi connectivity index (χ3v) is 4.04. The zero-order valence-electron chi connectivity index (χ0n) is 15.9. The van der Waals surface area contributed by atoms with Crippen molar-refractivity contribution in [2.24, 2.45) is 0 Å². The fraction of sp³-hybridized carbons (Fsp3) is 0.227. The van der Waals surface area contributed by atoms with E-state index < -0.39 is 0 Å². The van der Waals surface area contributed by atoms with Crippen molar-refractivity contribution < 1.29 is 14.1 Å². The summed E-state index contributed by atoms with van der Waals surface area (Å²) < 4.78 is 10.9. The lowest BCUT2D eigenvalue weighted by Gasteiger charge is -2.19. The lowest BCUT2D eigenvalue weighted by molar-refractivity contribution is 0.0745. The van der Waals surface area contributed by atoms with Gasteiger partial charge in [-0.1, -0.05) is 48.5 Å². The predicted octanol–water partition coefficient (Wildman–Crippen LogP) is 4.35. The van der Waals surface area contributed by atoms with E-state index in [0.29, 0.717) is 30.4 Å². The van der Waals surface area contributed by atoms with E-state index in [-0.39, 0.29) is 12.5 Å². The van der Waals surface area contributed by atoms with Crippen LogP contribution in [-0.2, 0) is 6.54 Å². The van der Waals surface area contributed by atoms with Crippen molar-refractivity contribution in [3.8, 4) is 17.1 Å². The first-order valence-corrected chi connectivity index (χ1v) is 9.22. The molecule has 1 heterocycles. The summed E-state index contributed by atoms with van der Waals surface area (Å²) in [7, 11) is 0. The lowest BCUT2D eigenvalue weighted by Crippen LogP contribution is -2.30. The standard InChI is InChI=1S/C22H23N3O3/c1-3-14-25(22(26)18-10-12-19(13-11-18)27-15-4-2)16-20-23-21(24-28-20)17-8-6-5-7-9-17/h3,5-13H,1,4,14-16H2,2H3. The van der Waals surface area contributed by atoms with Gasteiger partial charge in [-0.3, -0.25) is 4.79 Å². The maximum atomic E-state index is 12.9. The summed E-state index contributed by atoms with van der Waals surface area (Å²) in [5, 5.41) is 4.01. The molecule has 2 aromatic carbocycles. The molecule has 28 heavy (non-hydrogen) atoms. The highest BCUT2D eigenvalue weighted by molar-refractivity contribution is 5.94. The molecule has 0 aliphatic heterocycles. The van der Waals surface area contributed by atoms with Crippen LogP contribution in [0, 0.1) is 0 Å². The second kappa shape index (κ2) is 9.50. The Hall–Kier alpha value is -3.41. The van der Waals surface area contributed by atoms with Crippen LogP contribution < -0.4 is 4.74 Å². The van der Waals surface area contributed by atoms with Gasteiger partial charge in [0.15, 0.2) is 0 Å². The third kappa shape index (κ3) is 4.85. The molecule has 0 atom stereocenters. The first-order valence-electron chi connectivity index (χ1n) is 9.22. The minimum Gasteiger partial charge on any atom is -0.494 e. The van der Waals surface area contributed by atoms with Crippen LogP contribution in [0.5, 0.6) is 5.75 Å². The summed E-state index contributed by atoms with van der Waals surface area (Å²) in [4.78, 5) is 18.9. The van der Waals surface area contributed by atoms with Crippen LogP contribution in [0.25, 0.3) is 11.4 Å². The Morgan fingerprint density at radius 2 is 1.93 bits per heavy atom. The zero-order chi connectivity index (χ0) is 19.8. The number of benzene rings is 2. The highest BCUT2D eigenvalue weighted by Crippen LogP contribution is 2.18. The second-order valence-electron chi connectivity index (χ2n) is 6.22. The maximum Gasteiger partial charge on any atom is 0.254 e. The number of carbonyl (C=O) groups excluding carboxylic acids is 1. The summed E-state index contributed by atoms with van der Waals surface area (Å²) in [5.41, 5.74) is 1.43. The number of rotatable bonds is 9. The fourth-order valence-electron chi connectivity index (χ4n) is 2.66. The Kier molecular flexibility index (Phi) is 6.57. The van der Waals surface area contributed by atoms with Gasteiger partial charge in [0.05, 0.1) is 6.61 Å². The van der Waals surface area contributed by atoms with E-state index >= 15 is 0 Å². The highest BCUT2D eigenvalue weighted by Gasteiger charge is 2.19. The summed E-state index contributed by atoms with van der Waals surface area (Å²) in [6.07, 6.45) is 2.61. The molecule has 1 amide bonds. The van der Waals surface area contributed by atoms with Crippen LogP contribution in [0.2, 0.25) is 0 Å². The van der Waals surface area contributed by atoms with E-state index in [1.165, 1.54) is 0 Å². The molecular formula is C22H23N3O3. The molecule has 0 N–H and O–H groups in total. The predicted molar refractivity (Wildman–Crippen MR) is 107 cm³/mol. The lowest BCUT2D eigenvalue weighted by atomic mass is 10.2. The van der Waals surface area contributed by atoms with Crippen molar-refractivity contribution >= 4 is 5.91 Å². The van der Waals surface area contributed by atoms with E-state index in [4.69, 9.17) is 9.26 Å². The number of carbonyl (C=O) groups is 1. The molecule has 0 aliphatic carbocycles. The van der Waals surface area contributed by atoms with Crippen molar-refractivity contribution in [3.63, 3.8) is 0 Å². The van der Waals surface area contributed by atoms with Crippen LogP contribution in [-0.4, -0.2) is 34.1 Å². The Balaban J connectivity index is 1.71. The summed E-state index contributed by atoms with van der Waals surface area (Å²) >= 11 is 0. The van der Waals surface area contributed by atoms with Gasteiger partial charge >= 0.3 is 0 Å². The fourth-order valence-corrected chi connectivity index (χ4v) is 2.66. The molecule has 0 fully saturated rings. The van der Waals surface area contributed by atoms with Gasteiger partial charge in [0.1, 0.15) is 12.3 Å². The average Bonchev–Trinajstić information content (AvgIpc) is 3.21. The van der Waals surface area contributed by atoms with E-state index in [0.717, 1.165) is 17.7 Å². The van der Waals surface area contributed by atoms with Crippen molar-refractivity contribution in [1.29, 1.82) is 0 Å². The van der Waals surface area contributed by atoms with Gasteiger partial charge in [0.2, 0.25) is 11.7 Å². The minimum atomic E-state index is -0.138. The van der Waals surface area contributed by atoms with Gasteiger partial charge < -0.3 is 14.2 Å². The molecule has 0 saturated carbocycles. The highest BCUT2D eigenvalue weighted by atomic mass is 16.5. The molecule has 0 bridgehead atoms. The number of hydrogen-bond donors (Lipinski definition) is 0. The molecule has 144 valence electrons. The Morgan fingerprint density at radius 1 is 1.18 bits per heavy atom. The topological polar surface area (TPSA) is 68.5 Å². The molecule has 0 aliphatic rings. The van der Waals surface area contributed by atoms with Gasteiger partial charge in [-0.05, 0) is 30.7 Å². The largest absolute Gasteiger partial charge is 0.494 e. The number of hydrogen-bond acceptors (Lipinski definition) is 5. The number of amides is 1. The van der Waals surface area contributed by atoms with Crippen molar-refractivity contribution in [2.45, 2.75) is 19.9 Å². The monoisotopic (exact) mass is 377 g/mol.